The average molecular weight is 265 g/mol. The second kappa shape index (κ2) is 5.67. The second-order valence-corrected chi connectivity index (χ2v) is 4.56. The van der Waals surface area contributed by atoms with E-state index in [1.807, 2.05) is 66.9 Å². The van der Waals surface area contributed by atoms with E-state index in [4.69, 9.17) is 0 Å². The van der Waals surface area contributed by atoms with Gasteiger partial charge in [0.15, 0.2) is 0 Å². The number of nitrogens with zero attached hydrogens (tertiary/aromatic N) is 3. The van der Waals surface area contributed by atoms with Crippen molar-refractivity contribution in [3.63, 3.8) is 0 Å². The Morgan fingerprint density at radius 1 is 0.950 bits per heavy atom. The minimum absolute atomic E-state index is 0.0123. The number of hydrogen-bond donors (Lipinski definition) is 1. The molecule has 0 aliphatic rings. The molecule has 3 rings (SSSR count). The number of aromatic nitrogens is 3. The van der Waals surface area contributed by atoms with Gasteiger partial charge in [-0.2, -0.15) is 0 Å². The van der Waals surface area contributed by atoms with Crippen molar-refractivity contribution < 1.29 is 5.11 Å². The summed E-state index contributed by atoms with van der Waals surface area (Å²) in [6.07, 6.45) is 1.86. The van der Waals surface area contributed by atoms with Crippen molar-refractivity contribution in [3.8, 4) is 11.3 Å². The molecule has 0 spiro atoms. The summed E-state index contributed by atoms with van der Waals surface area (Å²) in [5.74, 6) is 0. The first kappa shape index (κ1) is 12.6. The lowest BCUT2D eigenvalue weighted by Gasteiger charge is -2.13. The zero-order chi connectivity index (χ0) is 13.8. The van der Waals surface area contributed by atoms with Crippen LogP contribution in [-0.2, 0) is 0 Å². The lowest BCUT2D eigenvalue weighted by Crippen LogP contribution is -2.15. The summed E-state index contributed by atoms with van der Waals surface area (Å²) < 4.78 is 1.71. The van der Waals surface area contributed by atoms with E-state index < -0.39 is 0 Å². The van der Waals surface area contributed by atoms with Gasteiger partial charge in [-0.1, -0.05) is 65.9 Å². The smallest absolute Gasteiger partial charge is 0.113 e. The number of rotatable bonds is 4. The fraction of sp³-hybridized carbons (Fsp3) is 0.125. The molecule has 0 unspecified atom stereocenters. The van der Waals surface area contributed by atoms with Gasteiger partial charge < -0.3 is 5.11 Å². The predicted molar refractivity (Wildman–Crippen MR) is 77.1 cm³/mol. The van der Waals surface area contributed by atoms with Gasteiger partial charge in [-0.05, 0) is 5.56 Å². The van der Waals surface area contributed by atoms with Crippen LogP contribution in [0.5, 0.6) is 0 Å². The zero-order valence-electron chi connectivity index (χ0n) is 10.9. The van der Waals surface area contributed by atoms with E-state index in [0.29, 0.717) is 0 Å². The van der Waals surface area contributed by atoms with E-state index in [1.165, 1.54) is 0 Å². The lowest BCUT2D eigenvalue weighted by molar-refractivity contribution is 0.239. The molecule has 0 bridgehead atoms. The highest BCUT2D eigenvalue weighted by Crippen LogP contribution is 2.20. The highest BCUT2D eigenvalue weighted by Gasteiger charge is 2.14. The number of aliphatic hydroxyl groups excluding tert-OH is 1. The SMILES string of the molecule is OC[C@@H](c1ccccc1)n1cc(-c2ccccc2)nn1. The molecule has 0 aliphatic heterocycles. The van der Waals surface area contributed by atoms with Crippen molar-refractivity contribution in [2.24, 2.45) is 0 Å². The molecule has 1 heterocycles. The molecule has 0 aliphatic carbocycles. The Morgan fingerprint density at radius 3 is 2.25 bits per heavy atom. The van der Waals surface area contributed by atoms with Crippen LogP contribution in [0.25, 0.3) is 11.3 Å². The van der Waals surface area contributed by atoms with Crippen LogP contribution in [0.2, 0.25) is 0 Å². The number of aliphatic hydroxyl groups is 1. The molecule has 0 radical (unpaired) electrons. The summed E-state index contributed by atoms with van der Waals surface area (Å²) in [7, 11) is 0. The molecule has 4 heteroatoms. The summed E-state index contributed by atoms with van der Waals surface area (Å²) in [5.41, 5.74) is 2.84. The Hall–Kier alpha value is -2.46. The molecule has 3 aromatic rings. The Balaban J connectivity index is 1.93. The van der Waals surface area contributed by atoms with E-state index >= 15 is 0 Å². The molecule has 0 amide bonds. The van der Waals surface area contributed by atoms with Crippen LogP contribution in [0.3, 0.4) is 0 Å². The summed E-state index contributed by atoms with van der Waals surface area (Å²) in [5, 5.41) is 18.0. The summed E-state index contributed by atoms with van der Waals surface area (Å²) in [6.45, 7) is -0.0123. The van der Waals surface area contributed by atoms with Crippen molar-refractivity contribution in [1.29, 1.82) is 0 Å². The zero-order valence-corrected chi connectivity index (χ0v) is 10.9. The predicted octanol–water partition coefficient (Wildman–Crippen LogP) is 2.53. The van der Waals surface area contributed by atoms with Crippen LogP contribution in [0.4, 0.5) is 0 Å². The lowest BCUT2D eigenvalue weighted by atomic mass is 10.1. The molecule has 1 aromatic heterocycles. The van der Waals surface area contributed by atoms with Crippen molar-refractivity contribution in [2.45, 2.75) is 6.04 Å². The third-order valence-corrected chi connectivity index (χ3v) is 3.26. The molecule has 1 N–H and O–H groups in total. The maximum absolute atomic E-state index is 9.62. The fourth-order valence-corrected chi connectivity index (χ4v) is 2.19. The van der Waals surface area contributed by atoms with Gasteiger partial charge in [-0.15, -0.1) is 5.10 Å². The maximum Gasteiger partial charge on any atom is 0.113 e. The average Bonchev–Trinajstić information content (AvgIpc) is 3.00. The number of hydrogen-bond acceptors (Lipinski definition) is 3. The molecular weight excluding hydrogens is 250 g/mol. The van der Waals surface area contributed by atoms with Gasteiger partial charge in [-0.25, -0.2) is 4.68 Å². The van der Waals surface area contributed by atoms with E-state index in [1.54, 1.807) is 4.68 Å². The van der Waals surface area contributed by atoms with E-state index in [-0.39, 0.29) is 12.6 Å². The molecule has 0 saturated heterocycles. The molecule has 100 valence electrons. The van der Waals surface area contributed by atoms with Gasteiger partial charge in [0.1, 0.15) is 11.7 Å². The van der Waals surface area contributed by atoms with Gasteiger partial charge in [0, 0.05) is 5.56 Å². The standard InChI is InChI=1S/C16H15N3O/c20-12-16(14-9-5-2-6-10-14)19-11-15(17-18-19)13-7-3-1-4-8-13/h1-11,16,20H,12H2/t16-/m0/s1. The summed E-state index contributed by atoms with van der Waals surface area (Å²) in [6, 6.07) is 19.5. The topological polar surface area (TPSA) is 50.9 Å². The van der Waals surface area contributed by atoms with Gasteiger partial charge >= 0.3 is 0 Å². The van der Waals surface area contributed by atoms with Crippen molar-refractivity contribution in [1.82, 2.24) is 15.0 Å². The monoisotopic (exact) mass is 265 g/mol. The van der Waals surface area contributed by atoms with Crippen molar-refractivity contribution >= 4 is 0 Å². The Kier molecular flexibility index (Phi) is 3.56. The quantitative estimate of drug-likeness (QED) is 0.788. The van der Waals surface area contributed by atoms with Crippen LogP contribution < -0.4 is 0 Å². The largest absolute Gasteiger partial charge is 0.394 e. The van der Waals surface area contributed by atoms with Crippen LogP contribution >= 0.6 is 0 Å². The molecule has 0 fully saturated rings. The van der Waals surface area contributed by atoms with E-state index in [2.05, 4.69) is 10.3 Å². The van der Waals surface area contributed by atoms with Crippen LogP contribution in [0.15, 0.2) is 66.9 Å². The Labute approximate surface area is 117 Å². The number of benzene rings is 2. The van der Waals surface area contributed by atoms with E-state index in [9.17, 15) is 5.11 Å². The highest BCUT2D eigenvalue weighted by atomic mass is 16.3. The van der Waals surface area contributed by atoms with Crippen LogP contribution in [0.1, 0.15) is 11.6 Å². The van der Waals surface area contributed by atoms with E-state index in [0.717, 1.165) is 16.8 Å². The minimum atomic E-state index is -0.207. The first-order valence-electron chi connectivity index (χ1n) is 6.51. The molecular formula is C16H15N3O. The molecule has 2 aromatic carbocycles. The van der Waals surface area contributed by atoms with Crippen LogP contribution in [0, 0.1) is 0 Å². The minimum Gasteiger partial charge on any atom is -0.394 e. The van der Waals surface area contributed by atoms with Crippen molar-refractivity contribution in [3.05, 3.63) is 72.4 Å². The third kappa shape index (κ3) is 2.46. The highest BCUT2D eigenvalue weighted by molar-refractivity contribution is 5.57. The third-order valence-electron chi connectivity index (χ3n) is 3.26. The maximum atomic E-state index is 9.62. The van der Waals surface area contributed by atoms with Gasteiger partial charge in [0.05, 0.1) is 12.8 Å². The molecule has 0 saturated carbocycles. The Morgan fingerprint density at radius 2 is 1.60 bits per heavy atom. The Bertz CT molecular complexity index is 664. The summed E-state index contributed by atoms with van der Waals surface area (Å²) >= 11 is 0. The molecule has 20 heavy (non-hydrogen) atoms. The van der Waals surface area contributed by atoms with Gasteiger partial charge in [-0.3, -0.25) is 0 Å². The normalized spacial score (nSPS) is 12.2. The molecule has 4 nitrogen and oxygen atoms in total. The second-order valence-electron chi connectivity index (χ2n) is 4.56. The first-order valence-corrected chi connectivity index (χ1v) is 6.51. The first-order chi connectivity index (χ1) is 9.88. The fourth-order valence-electron chi connectivity index (χ4n) is 2.19. The van der Waals surface area contributed by atoms with Gasteiger partial charge in [0.2, 0.25) is 0 Å². The van der Waals surface area contributed by atoms with Crippen molar-refractivity contribution in [2.75, 3.05) is 6.61 Å². The van der Waals surface area contributed by atoms with Gasteiger partial charge in [0.25, 0.3) is 0 Å². The van der Waals surface area contributed by atoms with Crippen LogP contribution in [-0.4, -0.2) is 26.7 Å². The molecule has 1 atom stereocenters. The summed E-state index contributed by atoms with van der Waals surface area (Å²) in [4.78, 5) is 0.